The second-order valence-electron chi connectivity index (χ2n) is 7.33. The summed E-state index contributed by atoms with van der Waals surface area (Å²) in [6.07, 6.45) is 6.19. The zero-order valence-corrected chi connectivity index (χ0v) is 16.9. The largest absolute Gasteiger partial charge is 0.465 e. The van der Waals surface area contributed by atoms with Crippen LogP contribution < -0.4 is 5.56 Å². The number of methoxy groups -OCH3 is 1. The maximum atomic E-state index is 13.1. The number of aromatic nitrogens is 4. The molecule has 0 atom stereocenters. The summed E-state index contributed by atoms with van der Waals surface area (Å²) in [5.74, 6) is -0.524. The number of aromatic amines is 1. The first-order chi connectivity index (χ1) is 15.2. The summed E-state index contributed by atoms with van der Waals surface area (Å²) in [7, 11) is 1.32. The van der Waals surface area contributed by atoms with E-state index >= 15 is 0 Å². The lowest BCUT2D eigenvalue weighted by Gasteiger charge is -2.11. The third kappa shape index (κ3) is 3.30. The molecule has 3 aromatic rings. The van der Waals surface area contributed by atoms with E-state index in [9.17, 15) is 9.59 Å². The van der Waals surface area contributed by atoms with E-state index in [-0.39, 0.29) is 11.1 Å². The normalized spacial score (nSPS) is 11.3. The molecule has 2 aromatic carbocycles. The van der Waals surface area contributed by atoms with Gasteiger partial charge in [0.2, 0.25) is 0 Å². The van der Waals surface area contributed by atoms with Gasteiger partial charge in [0.05, 0.1) is 18.4 Å². The summed E-state index contributed by atoms with van der Waals surface area (Å²) >= 11 is 0. The van der Waals surface area contributed by atoms with E-state index < -0.39 is 5.97 Å². The van der Waals surface area contributed by atoms with Crippen molar-refractivity contribution in [3.8, 4) is 16.9 Å². The fourth-order valence-electron chi connectivity index (χ4n) is 3.88. The van der Waals surface area contributed by atoms with E-state index in [2.05, 4.69) is 16.1 Å². The molecule has 0 saturated heterocycles. The number of hydrogen-bond donors (Lipinski definition) is 1. The minimum absolute atomic E-state index is 0.269. The topological polar surface area (TPSA) is 81.9 Å². The number of benzene rings is 2. The average molecular weight is 412 g/mol. The Morgan fingerprint density at radius 3 is 2.65 bits per heavy atom. The van der Waals surface area contributed by atoms with Crippen molar-refractivity contribution in [3.05, 3.63) is 94.7 Å². The van der Waals surface area contributed by atoms with Gasteiger partial charge < -0.3 is 14.3 Å². The summed E-state index contributed by atoms with van der Waals surface area (Å²) in [5.41, 5.74) is 3.61. The Labute approximate surface area is 177 Å². The molecule has 7 nitrogen and oxygen atoms in total. The van der Waals surface area contributed by atoms with Crippen LogP contribution in [-0.2, 0) is 17.7 Å². The third-order valence-corrected chi connectivity index (χ3v) is 5.44. The maximum Gasteiger partial charge on any atom is 0.341 e. The second-order valence-corrected chi connectivity index (χ2v) is 7.33. The number of para-hydroxylation sites is 2. The molecule has 3 heterocycles. The van der Waals surface area contributed by atoms with E-state index in [1.54, 1.807) is 24.5 Å². The Bertz CT molecular complexity index is 1410. The highest BCUT2D eigenvalue weighted by molar-refractivity contribution is 5.96. The van der Waals surface area contributed by atoms with Crippen LogP contribution in [0.15, 0.2) is 78.0 Å². The molecule has 0 fully saturated rings. The van der Waals surface area contributed by atoms with Crippen LogP contribution in [0.3, 0.4) is 0 Å². The Morgan fingerprint density at radius 2 is 1.84 bits per heavy atom. The SMILES string of the molecule is COC(=O)c1cn(CCc2c[nH]c3ccccc23)cc2c(=O)n(-c3ccccc3)nc1-2. The molecule has 0 unspecified atom stereocenters. The Hall–Kier alpha value is -4.13. The molecule has 31 heavy (non-hydrogen) atoms. The van der Waals surface area contributed by atoms with Crippen LogP contribution in [0.1, 0.15) is 15.9 Å². The van der Waals surface area contributed by atoms with Gasteiger partial charge in [-0.05, 0) is 30.2 Å². The molecule has 7 heteroatoms. The molecule has 0 amide bonds. The molecule has 0 bridgehead atoms. The molecule has 2 aliphatic heterocycles. The number of hydrogen-bond acceptors (Lipinski definition) is 4. The minimum Gasteiger partial charge on any atom is -0.465 e. The standard InChI is InChI=1S/C24H20N4O3/c1-31-24(30)20-15-27(12-11-16-13-25-21-10-6-5-9-18(16)21)14-19-22(20)26-28(23(19)29)17-7-3-2-4-8-17/h2-10,13-15,25H,11-12H2,1H3. The summed E-state index contributed by atoms with van der Waals surface area (Å²) in [4.78, 5) is 28.8. The third-order valence-electron chi connectivity index (χ3n) is 5.44. The predicted octanol–water partition coefficient (Wildman–Crippen LogP) is 3.65. The number of carbonyl (C=O) groups is 1. The van der Waals surface area contributed by atoms with Crippen molar-refractivity contribution in [2.45, 2.75) is 13.0 Å². The number of fused-ring (bicyclic) bond motifs is 2. The average Bonchev–Trinajstić information content (AvgIpc) is 3.38. The van der Waals surface area contributed by atoms with E-state index in [0.717, 1.165) is 11.9 Å². The first-order valence-corrected chi connectivity index (χ1v) is 9.97. The fourth-order valence-corrected chi connectivity index (χ4v) is 3.88. The molecule has 0 saturated carbocycles. The van der Waals surface area contributed by atoms with Gasteiger partial charge in [0, 0.05) is 36.0 Å². The van der Waals surface area contributed by atoms with Crippen molar-refractivity contribution in [2.24, 2.45) is 0 Å². The summed E-state index contributed by atoms with van der Waals surface area (Å²) in [6.45, 7) is 0.595. The van der Waals surface area contributed by atoms with Gasteiger partial charge >= 0.3 is 5.97 Å². The van der Waals surface area contributed by atoms with Gasteiger partial charge in [-0.25, -0.2) is 4.79 Å². The fraction of sp³-hybridized carbons (Fsp3) is 0.125. The number of nitrogens with zero attached hydrogens (tertiary/aromatic N) is 3. The number of H-pyrrole nitrogens is 1. The molecule has 5 rings (SSSR count). The smallest absolute Gasteiger partial charge is 0.341 e. The van der Waals surface area contributed by atoms with Crippen molar-refractivity contribution >= 4 is 16.9 Å². The molecule has 154 valence electrons. The first-order valence-electron chi connectivity index (χ1n) is 9.97. The predicted molar refractivity (Wildman–Crippen MR) is 118 cm³/mol. The highest BCUT2D eigenvalue weighted by Gasteiger charge is 2.24. The lowest BCUT2D eigenvalue weighted by Crippen LogP contribution is -2.16. The number of pyridine rings is 1. The Balaban J connectivity index is 1.57. The van der Waals surface area contributed by atoms with Crippen molar-refractivity contribution in [2.75, 3.05) is 7.11 Å². The summed E-state index contributed by atoms with van der Waals surface area (Å²) in [5, 5.41) is 5.59. The zero-order valence-electron chi connectivity index (χ0n) is 16.9. The van der Waals surface area contributed by atoms with Gasteiger partial charge in [-0.15, -0.1) is 0 Å². The van der Waals surface area contributed by atoms with Crippen LogP contribution in [-0.4, -0.2) is 32.4 Å². The van der Waals surface area contributed by atoms with Crippen LogP contribution in [0, 0.1) is 0 Å². The first kappa shape index (κ1) is 18.9. The second kappa shape index (κ2) is 7.60. The molecule has 0 spiro atoms. The number of ether oxygens (including phenoxy) is 1. The van der Waals surface area contributed by atoms with E-state index in [4.69, 9.17) is 4.74 Å². The molecule has 0 radical (unpaired) electrons. The highest BCUT2D eigenvalue weighted by Crippen LogP contribution is 2.24. The van der Waals surface area contributed by atoms with Crippen molar-refractivity contribution in [3.63, 3.8) is 0 Å². The van der Waals surface area contributed by atoms with Gasteiger partial charge in [-0.2, -0.15) is 9.78 Å². The summed E-state index contributed by atoms with van der Waals surface area (Å²) < 4.78 is 8.13. The highest BCUT2D eigenvalue weighted by atomic mass is 16.5. The van der Waals surface area contributed by atoms with Crippen molar-refractivity contribution in [1.82, 2.24) is 19.3 Å². The minimum atomic E-state index is -0.524. The maximum absolute atomic E-state index is 13.1. The van der Waals surface area contributed by atoms with E-state index in [1.165, 1.54) is 22.7 Å². The lowest BCUT2D eigenvalue weighted by molar-refractivity contribution is 0.0600. The summed E-state index contributed by atoms with van der Waals surface area (Å²) in [6, 6.07) is 17.3. The molecule has 1 aromatic heterocycles. The number of nitrogens with one attached hydrogen (secondary N) is 1. The number of aryl methyl sites for hydroxylation is 2. The molecule has 1 N–H and O–H groups in total. The van der Waals surface area contributed by atoms with Crippen LogP contribution in [0.5, 0.6) is 0 Å². The zero-order chi connectivity index (χ0) is 21.4. The van der Waals surface area contributed by atoms with Crippen LogP contribution in [0.4, 0.5) is 0 Å². The number of rotatable bonds is 5. The van der Waals surface area contributed by atoms with Gasteiger partial charge in [0.15, 0.2) is 0 Å². The molecular formula is C24H20N4O3. The number of carbonyl (C=O) groups excluding carboxylic acids is 1. The quantitative estimate of drug-likeness (QED) is 0.447. The van der Waals surface area contributed by atoms with Crippen molar-refractivity contribution in [1.29, 1.82) is 0 Å². The van der Waals surface area contributed by atoms with Crippen molar-refractivity contribution < 1.29 is 9.53 Å². The monoisotopic (exact) mass is 412 g/mol. The van der Waals surface area contributed by atoms with Crippen LogP contribution in [0.25, 0.3) is 27.8 Å². The van der Waals surface area contributed by atoms with Gasteiger partial charge in [0.1, 0.15) is 11.3 Å². The Morgan fingerprint density at radius 1 is 1.06 bits per heavy atom. The molecule has 0 aliphatic carbocycles. The molecule has 2 aliphatic rings. The van der Waals surface area contributed by atoms with Gasteiger partial charge in [-0.3, -0.25) is 4.79 Å². The Kier molecular flexibility index (Phi) is 4.63. The molecular weight excluding hydrogens is 392 g/mol. The van der Waals surface area contributed by atoms with Gasteiger partial charge in [-0.1, -0.05) is 36.4 Å². The van der Waals surface area contributed by atoms with E-state index in [1.807, 2.05) is 47.2 Å². The lowest BCUT2D eigenvalue weighted by atomic mass is 10.1. The van der Waals surface area contributed by atoms with Crippen LogP contribution >= 0.6 is 0 Å². The van der Waals surface area contributed by atoms with E-state index in [0.29, 0.717) is 23.5 Å². The van der Waals surface area contributed by atoms with Gasteiger partial charge in [0.25, 0.3) is 5.56 Å². The number of esters is 1. The van der Waals surface area contributed by atoms with Crippen LogP contribution in [0.2, 0.25) is 0 Å².